The quantitative estimate of drug-likeness (QED) is 0.0652. The molecule has 0 bridgehead atoms. The lowest BCUT2D eigenvalue weighted by Gasteiger charge is -2.43. The average Bonchev–Trinajstić information content (AvgIpc) is 3.10. The van der Waals surface area contributed by atoms with E-state index in [2.05, 4.69) is 60.0 Å². The second-order valence-corrected chi connectivity index (χ2v) is 13.1. The standard InChI is InChI=1S/C10H21BO3.C10H23BO2.C10H23BO.C7H9BO3/c1-3-9-7-5-6-8-10(9,4-2)14-11(12)13;1-4-7-9-12-11(6-3)13-10-8-5-2;1-4-7-9-11(12-6-3)10-8-5-2;1-6-4-2-3-5-7(6)11-8(9)10/h9,12-13H,3-8H2,1-2H3;4-10H2,1-3H3;4-10H2,1-3H3;2-5,9-10H,1H3. The largest absolute Gasteiger partial charge is 0.707 e. The molecule has 0 heterocycles. The number of para-hydroxylation sites is 1. The lowest BCUT2D eigenvalue weighted by Crippen LogP contribution is -2.46. The lowest BCUT2D eigenvalue weighted by molar-refractivity contribution is -0.0593. The van der Waals surface area contributed by atoms with Gasteiger partial charge in [-0.25, -0.2) is 0 Å². The van der Waals surface area contributed by atoms with E-state index in [0.717, 1.165) is 76.7 Å². The molecule has 13 heteroatoms. The summed E-state index contributed by atoms with van der Waals surface area (Å²) in [6.45, 7) is 22.1. The molecule has 2 atom stereocenters. The fourth-order valence-electron chi connectivity index (χ4n) is 5.99. The van der Waals surface area contributed by atoms with Crippen LogP contribution in [0, 0.1) is 12.8 Å². The summed E-state index contributed by atoms with van der Waals surface area (Å²) in [5.74, 6) is 0.963. The zero-order chi connectivity index (χ0) is 38.0. The van der Waals surface area contributed by atoms with Crippen molar-refractivity contribution in [1.29, 1.82) is 0 Å². The highest BCUT2D eigenvalue weighted by Crippen LogP contribution is 2.41. The fourth-order valence-corrected chi connectivity index (χ4v) is 5.99. The van der Waals surface area contributed by atoms with Gasteiger partial charge in [0.25, 0.3) is 6.92 Å². The molecule has 290 valence electrons. The maximum absolute atomic E-state index is 8.95. The minimum Gasteiger partial charge on any atom is -0.512 e. The summed E-state index contributed by atoms with van der Waals surface area (Å²) in [6, 6.07) is 7.13. The van der Waals surface area contributed by atoms with Crippen molar-refractivity contribution >= 4 is 28.7 Å². The molecule has 1 aromatic carbocycles. The van der Waals surface area contributed by atoms with E-state index in [9.17, 15) is 0 Å². The van der Waals surface area contributed by atoms with E-state index in [1.807, 2.05) is 19.1 Å². The van der Waals surface area contributed by atoms with Crippen LogP contribution in [-0.4, -0.2) is 74.2 Å². The van der Waals surface area contributed by atoms with Gasteiger partial charge in [0, 0.05) is 19.8 Å². The van der Waals surface area contributed by atoms with Gasteiger partial charge in [0.15, 0.2) is 0 Å². The topological polar surface area (TPSA) is 127 Å². The van der Waals surface area contributed by atoms with Crippen LogP contribution in [0.4, 0.5) is 0 Å². The molecule has 50 heavy (non-hydrogen) atoms. The lowest BCUT2D eigenvalue weighted by atomic mass is 9.59. The Morgan fingerprint density at radius 3 is 1.70 bits per heavy atom. The smallest absolute Gasteiger partial charge is 0.512 e. The molecule has 0 aromatic heterocycles. The highest BCUT2D eigenvalue weighted by atomic mass is 16.6. The third-order valence-electron chi connectivity index (χ3n) is 9.00. The number of hydrogen-bond acceptors (Lipinski definition) is 9. The van der Waals surface area contributed by atoms with E-state index in [1.54, 1.807) is 12.1 Å². The molecular weight excluding hydrogens is 632 g/mol. The second-order valence-electron chi connectivity index (χ2n) is 13.1. The zero-order valence-corrected chi connectivity index (χ0v) is 33.7. The van der Waals surface area contributed by atoms with Crippen LogP contribution in [0.5, 0.6) is 5.75 Å². The van der Waals surface area contributed by atoms with Crippen molar-refractivity contribution in [3.8, 4) is 5.75 Å². The van der Waals surface area contributed by atoms with Gasteiger partial charge in [-0.1, -0.05) is 124 Å². The molecule has 0 saturated heterocycles. The fraction of sp³-hybridized carbons (Fsp3) is 0.838. The van der Waals surface area contributed by atoms with Gasteiger partial charge < -0.3 is 43.4 Å². The first-order valence-corrected chi connectivity index (χ1v) is 20.0. The van der Waals surface area contributed by atoms with Crippen molar-refractivity contribution in [2.75, 3.05) is 19.8 Å². The molecule has 2 unspecified atom stereocenters. The summed E-state index contributed by atoms with van der Waals surface area (Å²) in [4.78, 5) is 0. The molecule has 0 amide bonds. The highest BCUT2D eigenvalue weighted by Gasteiger charge is 2.41. The van der Waals surface area contributed by atoms with E-state index in [0.29, 0.717) is 18.6 Å². The van der Waals surface area contributed by atoms with Gasteiger partial charge in [0.1, 0.15) is 5.75 Å². The van der Waals surface area contributed by atoms with Gasteiger partial charge in [-0.2, -0.15) is 0 Å². The van der Waals surface area contributed by atoms with Crippen LogP contribution >= 0.6 is 0 Å². The third kappa shape index (κ3) is 26.7. The second kappa shape index (κ2) is 35.0. The summed E-state index contributed by atoms with van der Waals surface area (Å²) >= 11 is 0. The minimum absolute atomic E-state index is 0.0260. The molecule has 1 saturated carbocycles. The summed E-state index contributed by atoms with van der Waals surface area (Å²) in [5.41, 5.74) is 0.585. The van der Waals surface area contributed by atoms with E-state index in [1.165, 1.54) is 57.6 Å². The van der Waals surface area contributed by atoms with Gasteiger partial charge in [-0.3, -0.25) is 0 Å². The van der Waals surface area contributed by atoms with Crippen LogP contribution in [0.25, 0.3) is 0 Å². The predicted molar refractivity (Wildman–Crippen MR) is 213 cm³/mol. The molecule has 0 aliphatic heterocycles. The molecule has 1 aliphatic rings. The van der Waals surface area contributed by atoms with Gasteiger partial charge in [-0.05, 0) is 82.5 Å². The van der Waals surface area contributed by atoms with Crippen LogP contribution in [0.1, 0.15) is 151 Å². The van der Waals surface area contributed by atoms with Gasteiger partial charge in [0.2, 0.25) is 0 Å². The number of aryl methyl sites for hydroxylation is 1. The number of benzene rings is 1. The molecule has 0 radical (unpaired) electrons. The van der Waals surface area contributed by atoms with Crippen LogP contribution in [0.15, 0.2) is 24.3 Å². The van der Waals surface area contributed by atoms with Crippen molar-refractivity contribution in [1.82, 2.24) is 0 Å². The Morgan fingerprint density at radius 1 is 0.720 bits per heavy atom. The van der Waals surface area contributed by atoms with Crippen molar-refractivity contribution in [2.45, 2.75) is 177 Å². The number of unbranched alkanes of at least 4 members (excludes halogenated alkanes) is 4. The molecule has 1 aliphatic carbocycles. The maximum Gasteiger partial charge on any atom is 0.707 e. The summed E-state index contributed by atoms with van der Waals surface area (Å²) in [7, 11) is -3.34. The molecule has 4 N–H and O–H groups in total. The zero-order valence-electron chi connectivity index (χ0n) is 33.7. The Hall–Kier alpha value is -1.04. The molecule has 9 nitrogen and oxygen atoms in total. The predicted octanol–water partition coefficient (Wildman–Crippen LogP) is 8.81. The molecule has 2 rings (SSSR count). The van der Waals surface area contributed by atoms with Gasteiger partial charge in [0.05, 0.1) is 5.60 Å². The van der Waals surface area contributed by atoms with Gasteiger partial charge >= 0.3 is 21.8 Å². The Labute approximate surface area is 309 Å². The van der Waals surface area contributed by atoms with Crippen LogP contribution in [0.3, 0.4) is 0 Å². The third-order valence-corrected chi connectivity index (χ3v) is 9.00. The molecular formula is C37H76B4O9. The maximum atomic E-state index is 8.95. The first-order chi connectivity index (χ1) is 24.0. The minimum atomic E-state index is -1.74. The molecule has 0 spiro atoms. The van der Waals surface area contributed by atoms with Gasteiger partial charge in [-0.15, -0.1) is 0 Å². The van der Waals surface area contributed by atoms with E-state index >= 15 is 0 Å². The Bertz CT molecular complexity index is 839. The first kappa shape index (κ1) is 51.1. The molecule has 1 fully saturated rings. The Morgan fingerprint density at radius 2 is 1.28 bits per heavy atom. The van der Waals surface area contributed by atoms with Crippen molar-refractivity contribution in [2.24, 2.45) is 5.92 Å². The SMILES string of the molecule is CCC1CCCCC1(CC)OB(O)O.CCCCB(CCCC)OCC.CCCCOB(CC)OCCCC.Cc1ccccc1OB(O)O. The van der Waals surface area contributed by atoms with Crippen LogP contribution < -0.4 is 4.65 Å². The number of rotatable bonds is 23. The van der Waals surface area contributed by atoms with Crippen LogP contribution in [-0.2, 0) is 18.6 Å². The monoisotopic (exact) mass is 709 g/mol. The summed E-state index contributed by atoms with van der Waals surface area (Å²) in [6.07, 6.45) is 19.7. The average molecular weight is 708 g/mol. The summed E-state index contributed by atoms with van der Waals surface area (Å²) in [5, 5.41) is 34.8. The van der Waals surface area contributed by atoms with E-state index in [4.69, 9.17) is 38.7 Å². The molecule has 1 aromatic rings. The van der Waals surface area contributed by atoms with E-state index < -0.39 is 14.6 Å². The van der Waals surface area contributed by atoms with Crippen LogP contribution in [0.2, 0.25) is 19.0 Å². The summed E-state index contributed by atoms with van der Waals surface area (Å²) < 4.78 is 26.8. The highest BCUT2D eigenvalue weighted by molar-refractivity contribution is 6.51. The van der Waals surface area contributed by atoms with Crippen molar-refractivity contribution in [3.63, 3.8) is 0 Å². The normalized spacial score (nSPS) is 16.5. The Balaban J connectivity index is 0. The van der Waals surface area contributed by atoms with Crippen molar-refractivity contribution < 1.29 is 43.4 Å². The van der Waals surface area contributed by atoms with E-state index in [-0.39, 0.29) is 12.7 Å². The first-order valence-electron chi connectivity index (χ1n) is 20.0. The Kier molecular flexibility index (Phi) is 35.8. The van der Waals surface area contributed by atoms with Crippen molar-refractivity contribution in [3.05, 3.63) is 29.8 Å². The number of hydrogen-bond donors (Lipinski definition) is 4.